The van der Waals surface area contributed by atoms with Crippen molar-refractivity contribution >= 4 is 5.69 Å². The SMILES string of the molecule is CCCCCCOCC(O)CNc1cccc(CC)c1. The molecule has 1 atom stereocenters. The Bertz CT molecular complexity index is 355. The number of rotatable bonds is 11. The Morgan fingerprint density at radius 3 is 2.80 bits per heavy atom. The fraction of sp³-hybridized carbons (Fsp3) is 0.647. The summed E-state index contributed by atoms with van der Waals surface area (Å²) in [4.78, 5) is 0. The van der Waals surface area contributed by atoms with Gasteiger partial charge in [0.1, 0.15) is 0 Å². The molecule has 0 fully saturated rings. The normalized spacial score (nSPS) is 12.3. The summed E-state index contributed by atoms with van der Waals surface area (Å²) in [6.07, 6.45) is 5.39. The van der Waals surface area contributed by atoms with Crippen LogP contribution in [0.2, 0.25) is 0 Å². The van der Waals surface area contributed by atoms with E-state index in [2.05, 4.69) is 31.3 Å². The van der Waals surface area contributed by atoms with E-state index in [0.29, 0.717) is 13.2 Å². The van der Waals surface area contributed by atoms with Crippen molar-refractivity contribution in [1.29, 1.82) is 0 Å². The van der Waals surface area contributed by atoms with Gasteiger partial charge in [-0.1, -0.05) is 45.2 Å². The van der Waals surface area contributed by atoms with Crippen LogP contribution in [0.5, 0.6) is 0 Å². The van der Waals surface area contributed by atoms with Crippen LogP contribution in [0.1, 0.15) is 45.1 Å². The predicted octanol–water partition coefficient (Wildman–Crippen LogP) is 3.62. The van der Waals surface area contributed by atoms with Crippen molar-refractivity contribution in [3.8, 4) is 0 Å². The smallest absolute Gasteiger partial charge is 0.0945 e. The molecule has 2 N–H and O–H groups in total. The van der Waals surface area contributed by atoms with Gasteiger partial charge < -0.3 is 15.2 Å². The van der Waals surface area contributed by atoms with E-state index < -0.39 is 6.10 Å². The second-order valence-corrected chi connectivity index (χ2v) is 5.22. The summed E-state index contributed by atoms with van der Waals surface area (Å²) < 4.78 is 5.49. The Hall–Kier alpha value is -1.06. The van der Waals surface area contributed by atoms with Crippen LogP contribution >= 0.6 is 0 Å². The summed E-state index contributed by atoms with van der Waals surface area (Å²) in [5.74, 6) is 0. The third-order valence-corrected chi connectivity index (χ3v) is 3.33. The highest BCUT2D eigenvalue weighted by atomic mass is 16.5. The van der Waals surface area contributed by atoms with Gasteiger partial charge in [-0.25, -0.2) is 0 Å². The molecule has 0 aliphatic rings. The number of aliphatic hydroxyl groups excluding tert-OH is 1. The molecule has 0 heterocycles. The van der Waals surface area contributed by atoms with Gasteiger partial charge in [0.15, 0.2) is 0 Å². The first kappa shape index (κ1) is 17.0. The molecule has 1 rings (SSSR count). The Labute approximate surface area is 123 Å². The van der Waals surface area contributed by atoms with Crippen LogP contribution in [-0.4, -0.2) is 31.0 Å². The van der Waals surface area contributed by atoms with E-state index in [4.69, 9.17) is 4.74 Å². The topological polar surface area (TPSA) is 41.5 Å². The lowest BCUT2D eigenvalue weighted by Crippen LogP contribution is -2.25. The zero-order valence-electron chi connectivity index (χ0n) is 12.9. The molecule has 0 amide bonds. The van der Waals surface area contributed by atoms with Crippen LogP contribution in [0.15, 0.2) is 24.3 Å². The fourth-order valence-electron chi connectivity index (χ4n) is 2.05. The number of unbranched alkanes of at least 4 members (excludes halogenated alkanes) is 3. The lowest BCUT2D eigenvalue weighted by Gasteiger charge is -2.13. The molecule has 0 radical (unpaired) electrons. The van der Waals surface area contributed by atoms with Crippen LogP contribution in [0.25, 0.3) is 0 Å². The molecule has 0 spiro atoms. The molecule has 0 saturated heterocycles. The Balaban J connectivity index is 2.11. The summed E-state index contributed by atoms with van der Waals surface area (Å²) in [6, 6.07) is 8.30. The molecular weight excluding hydrogens is 250 g/mol. The summed E-state index contributed by atoms with van der Waals surface area (Å²) in [6.45, 7) is 6.03. The molecule has 0 aromatic heterocycles. The number of hydrogen-bond acceptors (Lipinski definition) is 3. The van der Waals surface area contributed by atoms with E-state index in [1.807, 2.05) is 12.1 Å². The molecule has 0 aliphatic heterocycles. The van der Waals surface area contributed by atoms with Crippen molar-refractivity contribution in [2.45, 2.75) is 52.1 Å². The van der Waals surface area contributed by atoms with Crippen molar-refractivity contribution in [3.63, 3.8) is 0 Å². The molecular formula is C17H29NO2. The van der Waals surface area contributed by atoms with Gasteiger partial charge in [0.2, 0.25) is 0 Å². The van der Waals surface area contributed by atoms with Crippen LogP contribution in [0.4, 0.5) is 5.69 Å². The highest BCUT2D eigenvalue weighted by molar-refractivity contribution is 5.45. The first-order chi connectivity index (χ1) is 9.76. The summed E-state index contributed by atoms with van der Waals surface area (Å²) in [5.41, 5.74) is 2.36. The van der Waals surface area contributed by atoms with Crippen LogP contribution in [-0.2, 0) is 11.2 Å². The third-order valence-electron chi connectivity index (χ3n) is 3.33. The molecule has 1 unspecified atom stereocenters. The molecule has 114 valence electrons. The van der Waals surface area contributed by atoms with Crippen molar-refractivity contribution in [3.05, 3.63) is 29.8 Å². The molecule has 3 nitrogen and oxygen atoms in total. The van der Waals surface area contributed by atoms with Gasteiger partial charge in [0.25, 0.3) is 0 Å². The Morgan fingerprint density at radius 1 is 1.20 bits per heavy atom. The summed E-state index contributed by atoms with van der Waals surface area (Å²) in [5, 5.41) is 13.1. The predicted molar refractivity (Wildman–Crippen MR) is 85.3 cm³/mol. The van der Waals surface area contributed by atoms with Crippen LogP contribution in [0, 0.1) is 0 Å². The maximum absolute atomic E-state index is 9.85. The summed E-state index contributed by atoms with van der Waals surface area (Å²) >= 11 is 0. The maximum atomic E-state index is 9.85. The minimum atomic E-state index is -0.452. The Morgan fingerprint density at radius 2 is 2.05 bits per heavy atom. The average Bonchev–Trinajstić information content (AvgIpc) is 2.49. The number of aryl methyl sites for hydroxylation is 1. The second kappa shape index (κ2) is 10.7. The van der Waals surface area contributed by atoms with Gasteiger partial charge in [-0.3, -0.25) is 0 Å². The molecule has 20 heavy (non-hydrogen) atoms. The van der Waals surface area contributed by atoms with Gasteiger partial charge in [-0.2, -0.15) is 0 Å². The third kappa shape index (κ3) is 7.51. The number of hydrogen-bond donors (Lipinski definition) is 2. The fourth-order valence-corrected chi connectivity index (χ4v) is 2.05. The second-order valence-electron chi connectivity index (χ2n) is 5.22. The molecule has 3 heteroatoms. The van der Waals surface area contributed by atoms with Crippen molar-refractivity contribution in [2.75, 3.05) is 25.1 Å². The van der Waals surface area contributed by atoms with Gasteiger partial charge in [0, 0.05) is 18.8 Å². The highest BCUT2D eigenvalue weighted by Crippen LogP contribution is 2.11. The van der Waals surface area contributed by atoms with Gasteiger partial charge >= 0.3 is 0 Å². The number of aliphatic hydroxyl groups is 1. The average molecular weight is 279 g/mol. The number of nitrogens with one attached hydrogen (secondary N) is 1. The van der Waals surface area contributed by atoms with E-state index >= 15 is 0 Å². The number of anilines is 1. The highest BCUT2D eigenvalue weighted by Gasteiger charge is 2.04. The minimum absolute atomic E-state index is 0.409. The van der Waals surface area contributed by atoms with Gasteiger partial charge in [-0.15, -0.1) is 0 Å². The summed E-state index contributed by atoms with van der Waals surface area (Å²) in [7, 11) is 0. The zero-order chi connectivity index (χ0) is 14.6. The zero-order valence-corrected chi connectivity index (χ0v) is 12.9. The van der Waals surface area contributed by atoms with Gasteiger partial charge in [-0.05, 0) is 30.5 Å². The quantitative estimate of drug-likeness (QED) is 0.608. The molecule has 0 bridgehead atoms. The Kier molecular flexibility index (Phi) is 9.09. The number of ether oxygens (including phenoxy) is 1. The van der Waals surface area contributed by atoms with Crippen LogP contribution < -0.4 is 5.32 Å². The van der Waals surface area contributed by atoms with E-state index in [1.165, 1.54) is 24.8 Å². The minimum Gasteiger partial charge on any atom is -0.389 e. The number of benzene rings is 1. The lowest BCUT2D eigenvalue weighted by molar-refractivity contribution is 0.0417. The standard InChI is InChI=1S/C17H29NO2/c1-3-5-6-7-11-20-14-17(19)13-18-16-10-8-9-15(4-2)12-16/h8-10,12,17-19H,3-7,11,13-14H2,1-2H3. The first-order valence-electron chi connectivity index (χ1n) is 7.84. The molecule has 0 saturated carbocycles. The largest absolute Gasteiger partial charge is 0.389 e. The van der Waals surface area contributed by atoms with E-state index in [1.54, 1.807) is 0 Å². The molecule has 1 aromatic rings. The molecule has 1 aromatic carbocycles. The first-order valence-corrected chi connectivity index (χ1v) is 7.84. The van der Waals surface area contributed by atoms with Crippen LogP contribution in [0.3, 0.4) is 0 Å². The monoisotopic (exact) mass is 279 g/mol. The van der Waals surface area contributed by atoms with E-state index in [9.17, 15) is 5.11 Å². The molecule has 0 aliphatic carbocycles. The van der Waals surface area contributed by atoms with Crippen molar-refractivity contribution in [2.24, 2.45) is 0 Å². The van der Waals surface area contributed by atoms with Gasteiger partial charge in [0.05, 0.1) is 12.7 Å². The maximum Gasteiger partial charge on any atom is 0.0945 e. The van der Waals surface area contributed by atoms with Crippen molar-refractivity contribution in [1.82, 2.24) is 0 Å². The van der Waals surface area contributed by atoms with E-state index in [-0.39, 0.29) is 0 Å². The van der Waals surface area contributed by atoms with Crippen molar-refractivity contribution < 1.29 is 9.84 Å². The van der Waals surface area contributed by atoms with E-state index in [0.717, 1.165) is 25.1 Å². The lowest BCUT2D eigenvalue weighted by atomic mass is 10.1.